The summed E-state index contributed by atoms with van der Waals surface area (Å²) in [7, 11) is 0. The molecule has 2 saturated carbocycles. The average molecular weight is 241 g/mol. The second-order valence-corrected chi connectivity index (χ2v) is 6.66. The van der Waals surface area contributed by atoms with Crippen molar-refractivity contribution in [3.8, 4) is 0 Å². The number of hydrogen-bond acceptors (Lipinski definition) is 1. The fraction of sp³-hybridized carbons (Fsp3) is 0.692. The van der Waals surface area contributed by atoms with Gasteiger partial charge >= 0.3 is 0 Å². The van der Waals surface area contributed by atoms with Crippen molar-refractivity contribution in [2.45, 2.75) is 37.5 Å². The van der Waals surface area contributed by atoms with E-state index >= 15 is 0 Å². The first-order valence-corrected chi connectivity index (χ1v) is 7.32. The van der Waals surface area contributed by atoms with Gasteiger partial charge in [0.05, 0.1) is 5.38 Å². The molecule has 1 heterocycles. The molecule has 0 amide bonds. The monoisotopic (exact) mass is 240 g/mol. The number of rotatable bonds is 3. The van der Waals surface area contributed by atoms with Gasteiger partial charge in [-0.3, -0.25) is 0 Å². The molecular weight excluding hydrogens is 224 g/mol. The van der Waals surface area contributed by atoms with E-state index in [9.17, 15) is 0 Å². The molecule has 2 fully saturated rings. The SMILES string of the molecule is ClC(CC1CC2CCC1C2)c1cccs1. The molecule has 15 heavy (non-hydrogen) atoms. The van der Waals surface area contributed by atoms with Gasteiger partial charge in [-0.2, -0.15) is 0 Å². The Morgan fingerprint density at radius 2 is 2.33 bits per heavy atom. The first-order valence-electron chi connectivity index (χ1n) is 6.00. The Kier molecular flexibility index (Phi) is 2.78. The van der Waals surface area contributed by atoms with Crippen LogP contribution < -0.4 is 0 Å². The predicted molar refractivity (Wildman–Crippen MR) is 66.5 cm³/mol. The van der Waals surface area contributed by atoms with Gasteiger partial charge in [0.25, 0.3) is 0 Å². The minimum Gasteiger partial charge on any atom is -0.147 e. The van der Waals surface area contributed by atoms with Crippen LogP contribution in [0.3, 0.4) is 0 Å². The highest BCUT2D eigenvalue weighted by atomic mass is 35.5. The molecule has 0 aliphatic heterocycles. The Balaban J connectivity index is 1.62. The highest BCUT2D eigenvalue weighted by molar-refractivity contribution is 7.10. The summed E-state index contributed by atoms with van der Waals surface area (Å²) in [6.45, 7) is 0. The molecule has 2 aliphatic carbocycles. The van der Waals surface area contributed by atoms with Gasteiger partial charge in [0, 0.05) is 4.88 Å². The molecule has 4 atom stereocenters. The number of fused-ring (bicyclic) bond motifs is 2. The number of alkyl halides is 1. The highest BCUT2D eigenvalue weighted by Gasteiger charge is 2.40. The van der Waals surface area contributed by atoms with Gasteiger partial charge in [0.1, 0.15) is 0 Å². The molecule has 2 aliphatic rings. The molecule has 0 nitrogen and oxygen atoms in total. The minimum atomic E-state index is 0.273. The van der Waals surface area contributed by atoms with E-state index < -0.39 is 0 Å². The van der Waals surface area contributed by atoms with Gasteiger partial charge in [0.2, 0.25) is 0 Å². The smallest absolute Gasteiger partial charge is 0.0681 e. The summed E-state index contributed by atoms with van der Waals surface area (Å²) in [4.78, 5) is 1.36. The first kappa shape index (κ1) is 10.2. The lowest BCUT2D eigenvalue weighted by Crippen LogP contribution is -2.12. The molecule has 2 bridgehead atoms. The summed E-state index contributed by atoms with van der Waals surface area (Å²) in [5.74, 6) is 2.98. The summed E-state index contributed by atoms with van der Waals surface area (Å²) >= 11 is 8.28. The third kappa shape index (κ3) is 1.97. The van der Waals surface area contributed by atoms with Crippen LogP contribution in [0.2, 0.25) is 0 Å². The lowest BCUT2D eigenvalue weighted by atomic mass is 9.85. The number of thiophene rings is 1. The van der Waals surface area contributed by atoms with Crippen LogP contribution in [-0.4, -0.2) is 0 Å². The molecule has 2 heteroatoms. The molecule has 1 aromatic rings. The molecule has 1 aromatic heterocycles. The van der Waals surface area contributed by atoms with E-state index in [-0.39, 0.29) is 5.38 Å². The number of hydrogen-bond donors (Lipinski definition) is 0. The van der Waals surface area contributed by atoms with Crippen molar-refractivity contribution in [3.05, 3.63) is 22.4 Å². The lowest BCUT2D eigenvalue weighted by Gasteiger charge is -2.23. The maximum atomic E-state index is 6.48. The molecule has 3 rings (SSSR count). The minimum absolute atomic E-state index is 0.273. The second kappa shape index (κ2) is 4.10. The normalized spacial score (nSPS) is 35.9. The van der Waals surface area contributed by atoms with E-state index in [0.717, 1.165) is 17.8 Å². The molecule has 4 unspecified atom stereocenters. The van der Waals surface area contributed by atoms with Gasteiger partial charge in [-0.25, -0.2) is 0 Å². The van der Waals surface area contributed by atoms with Crippen molar-refractivity contribution in [2.24, 2.45) is 17.8 Å². The Morgan fingerprint density at radius 1 is 1.40 bits per heavy atom. The Labute approximate surface area is 101 Å². The van der Waals surface area contributed by atoms with E-state index in [1.54, 1.807) is 11.3 Å². The van der Waals surface area contributed by atoms with Gasteiger partial charge in [0.15, 0.2) is 0 Å². The molecule has 0 aromatic carbocycles. The van der Waals surface area contributed by atoms with Gasteiger partial charge < -0.3 is 0 Å². The van der Waals surface area contributed by atoms with Crippen molar-refractivity contribution < 1.29 is 0 Å². The molecular formula is C13H17ClS. The van der Waals surface area contributed by atoms with Crippen LogP contribution >= 0.6 is 22.9 Å². The van der Waals surface area contributed by atoms with Gasteiger partial charge in [-0.05, 0) is 54.9 Å². The zero-order valence-corrected chi connectivity index (χ0v) is 10.4. The molecule has 0 spiro atoms. The summed E-state index contributed by atoms with van der Waals surface area (Å²) in [6, 6.07) is 4.28. The summed E-state index contributed by atoms with van der Waals surface area (Å²) in [5, 5.41) is 2.40. The molecule has 0 N–H and O–H groups in total. The highest BCUT2D eigenvalue weighted by Crippen LogP contribution is 2.51. The zero-order chi connectivity index (χ0) is 10.3. The second-order valence-electron chi connectivity index (χ2n) is 5.15. The Bertz CT molecular complexity index is 319. The third-order valence-electron chi connectivity index (χ3n) is 4.25. The van der Waals surface area contributed by atoms with Crippen LogP contribution in [0.4, 0.5) is 0 Å². The van der Waals surface area contributed by atoms with E-state index in [4.69, 9.17) is 11.6 Å². The maximum absolute atomic E-state index is 6.48. The van der Waals surface area contributed by atoms with Crippen LogP contribution in [0.15, 0.2) is 17.5 Å². The summed E-state index contributed by atoms with van der Waals surface area (Å²) in [5.41, 5.74) is 0. The topological polar surface area (TPSA) is 0 Å². The van der Waals surface area contributed by atoms with Crippen molar-refractivity contribution >= 4 is 22.9 Å². The average Bonchev–Trinajstić information content (AvgIpc) is 2.95. The van der Waals surface area contributed by atoms with Gasteiger partial charge in [-0.15, -0.1) is 22.9 Å². The summed E-state index contributed by atoms with van der Waals surface area (Å²) < 4.78 is 0. The number of halogens is 1. The predicted octanol–water partition coefficient (Wildman–Crippen LogP) is 4.85. The Hall–Kier alpha value is -0.0100. The fourth-order valence-electron chi connectivity index (χ4n) is 3.52. The van der Waals surface area contributed by atoms with Crippen LogP contribution in [0.25, 0.3) is 0 Å². The van der Waals surface area contributed by atoms with Crippen molar-refractivity contribution in [1.82, 2.24) is 0 Å². The van der Waals surface area contributed by atoms with Crippen LogP contribution in [0.1, 0.15) is 42.4 Å². The fourth-order valence-corrected chi connectivity index (χ4v) is 4.69. The molecule has 82 valence electrons. The van der Waals surface area contributed by atoms with Crippen LogP contribution in [-0.2, 0) is 0 Å². The first-order chi connectivity index (χ1) is 7.33. The van der Waals surface area contributed by atoms with E-state index in [0.29, 0.717) is 0 Å². The van der Waals surface area contributed by atoms with E-state index in [2.05, 4.69) is 17.5 Å². The standard InChI is InChI=1S/C13H17ClS/c14-12(13-2-1-5-15-13)8-11-7-9-3-4-10(11)6-9/h1-2,5,9-12H,3-4,6-8H2. The van der Waals surface area contributed by atoms with Crippen LogP contribution in [0.5, 0.6) is 0 Å². The zero-order valence-electron chi connectivity index (χ0n) is 8.86. The largest absolute Gasteiger partial charge is 0.147 e. The Morgan fingerprint density at radius 3 is 2.93 bits per heavy atom. The maximum Gasteiger partial charge on any atom is 0.0681 e. The summed E-state index contributed by atoms with van der Waals surface area (Å²) in [6.07, 6.45) is 7.14. The molecule has 0 saturated heterocycles. The van der Waals surface area contributed by atoms with Crippen molar-refractivity contribution in [1.29, 1.82) is 0 Å². The van der Waals surface area contributed by atoms with E-state index in [1.807, 2.05) is 0 Å². The third-order valence-corrected chi connectivity index (χ3v) is 5.77. The van der Waals surface area contributed by atoms with Crippen molar-refractivity contribution in [3.63, 3.8) is 0 Å². The quantitative estimate of drug-likeness (QED) is 0.663. The van der Waals surface area contributed by atoms with Crippen molar-refractivity contribution in [2.75, 3.05) is 0 Å². The lowest BCUT2D eigenvalue weighted by molar-refractivity contribution is 0.312. The molecule has 0 radical (unpaired) electrons. The van der Waals surface area contributed by atoms with Gasteiger partial charge in [-0.1, -0.05) is 12.5 Å². The van der Waals surface area contributed by atoms with Crippen LogP contribution in [0, 0.1) is 17.8 Å². The van der Waals surface area contributed by atoms with E-state index in [1.165, 1.54) is 37.0 Å².